The van der Waals surface area contributed by atoms with Crippen LogP contribution in [0, 0.1) is 31.6 Å². The second-order valence-corrected chi connectivity index (χ2v) is 10.5. The van der Waals surface area contributed by atoms with Crippen molar-refractivity contribution in [3.8, 4) is 40.1 Å². The summed E-state index contributed by atoms with van der Waals surface area (Å²) in [6.45, 7) is 7.26. The fourth-order valence-corrected chi connectivity index (χ4v) is 5.69. The van der Waals surface area contributed by atoms with E-state index in [9.17, 15) is 9.59 Å². The highest BCUT2D eigenvalue weighted by Gasteiger charge is 2.25. The Balaban J connectivity index is 1.33. The standard InChI is InChI=1S/C33H35N3O3/c1-22-25(11-10-24-16-18-36(19-17-24)20-27-13-15-32(38)34-27)6-4-7-28(22)29-8-5-9-30(23(29)2)31-14-12-26(21-37)33(35-31)39-3/h4-9,12,14,21,24,27H,13,15-20H2,1-3H3,(H,34,38)/t27-/m0/s1. The summed E-state index contributed by atoms with van der Waals surface area (Å²) in [4.78, 5) is 29.8. The number of hydrogen-bond acceptors (Lipinski definition) is 5. The lowest BCUT2D eigenvalue weighted by Gasteiger charge is -2.31. The number of nitrogens with one attached hydrogen (secondary N) is 1. The molecule has 2 aliphatic heterocycles. The third kappa shape index (κ3) is 5.89. The average molecular weight is 522 g/mol. The molecule has 200 valence electrons. The molecular formula is C33H35N3O3. The molecule has 6 heteroatoms. The maximum atomic E-state index is 11.5. The van der Waals surface area contributed by atoms with Gasteiger partial charge in [0.15, 0.2) is 6.29 Å². The van der Waals surface area contributed by atoms with Crippen LogP contribution in [0.5, 0.6) is 5.88 Å². The van der Waals surface area contributed by atoms with Gasteiger partial charge in [-0.1, -0.05) is 42.2 Å². The number of benzene rings is 2. The van der Waals surface area contributed by atoms with Gasteiger partial charge in [-0.2, -0.15) is 0 Å². The predicted molar refractivity (Wildman–Crippen MR) is 154 cm³/mol. The molecule has 3 heterocycles. The van der Waals surface area contributed by atoms with E-state index in [1.807, 2.05) is 18.2 Å². The minimum absolute atomic E-state index is 0.186. The van der Waals surface area contributed by atoms with E-state index in [-0.39, 0.29) is 5.91 Å². The largest absolute Gasteiger partial charge is 0.480 e. The SMILES string of the molecule is COc1nc(-c2cccc(-c3cccc(C#CC4CCN(C[C@@H]5CCC(=O)N5)CC4)c3C)c2C)ccc1C=O. The molecule has 1 aromatic heterocycles. The summed E-state index contributed by atoms with van der Waals surface area (Å²) in [6, 6.07) is 16.5. The van der Waals surface area contributed by atoms with E-state index in [1.54, 1.807) is 6.07 Å². The minimum Gasteiger partial charge on any atom is -0.480 e. The van der Waals surface area contributed by atoms with Crippen molar-refractivity contribution >= 4 is 12.2 Å². The van der Waals surface area contributed by atoms with E-state index in [1.165, 1.54) is 12.7 Å². The zero-order valence-corrected chi connectivity index (χ0v) is 22.9. The monoisotopic (exact) mass is 521 g/mol. The summed E-state index contributed by atoms with van der Waals surface area (Å²) in [5.41, 5.74) is 7.85. The Morgan fingerprint density at radius 3 is 2.41 bits per heavy atom. The van der Waals surface area contributed by atoms with Crippen molar-refractivity contribution in [2.24, 2.45) is 5.92 Å². The zero-order chi connectivity index (χ0) is 27.4. The number of piperidine rings is 1. The van der Waals surface area contributed by atoms with Crippen LogP contribution >= 0.6 is 0 Å². The van der Waals surface area contributed by atoms with Gasteiger partial charge in [0, 0.05) is 36.1 Å². The minimum atomic E-state index is 0.186. The molecule has 1 N–H and O–H groups in total. The quantitative estimate of drug-likeness (QED) is 0.357. The van der Waals surface area contributed by atoms with Gasteiger partial charge in [-0.05, 0) is 86.7 Å². The molecule has 5 rings (SSSR count). The maximum absolute atomic E-state index is 11.5. The maximum Gasteiger partial charge on any atom is 0.224 e. The molecule has 2 saturated heterocycles. The predicted octanol–water partition coefficient (Wildman–Crippen LogP) is 5.20. The van der Waals surface area contributed by atoms with Crippen LogP contribution in [0.2, 0.25) is 0 Å². The molecule has 6 nitrogen and oxygen atoms in total. The Kier molecular flexibility index (Phi) is 8.09. The van der Waals surface area contributed by atoms with E-state index in [0.29, 0.717) is 29.8 Å². The molecule has 39 heavy (non-hydrogen) atoms. The number of hydrogen-bond donors (Lipinski definition) is 1. The lowest BCUT2D eigenvalue weighted by atomic mass is 9.90. The molecule has 2 aliphatic rings. The van der Waals surface area contributed by atoms with E-state index < -0.39 is 0 Å². The summed E-state index contributed by atoms with van der Waals surface area (Å²) < 4.78 is 5.33. The fourth-order valence-electron chi connectivity index (χ4n) is 5.69. The topological polar surface area (TPSA) is 71.5 Å². The molecule has 0 spiro atoms. The molecule has 0 saturated carbocycles. The summed E-state index contributed by atoms with van der Waals surface area (Å²) in [7, 11) is 1.53. The molecule has 0 unspecified atom stereocenters. The molecule has 3 aromatic rings. The van der Waals surface area contributed by atoms with E-state index >= 15 is 0 Å². The van der Waals surface area contributed by atoms with Gasteiger partial charge in [-0.15, -0.1) is 0 Å². The number of ether oxygens (including phenoxy) is 1. The van der Waals surface area contributed by atoms with Gasteiger partial charge in [-0.3, -0.25) is 9.59 Å². The molecule has 1 amide bonds. The van der Waals surface area contributed by atoms with Gasteiger partial charge in [0.1, 0.15) is 0 Å². The number of rotatable bonds is 6. The summed E-state index contributed by atoms with van der Waals surface area (Å²) in [5, 5.41) is 3.08. The number of nitrogens with zero attached hydrogens (tertiary/aromatic N) is 2. The molecule has 0 bridgehead atoms. The van der Waals surface area contributed by atoms with Crippen LogP contribution in [0.4, 0.5) is 0 Å². The number of likely N-dealkylation sites (tertiary alicyclic amines) is 1. The van der Waals surface area contributed by atoms with Crippen molar-refractivity contribution in [3.05, 3.63) is 70.8 Å². The molecule has 0 aliphatic carbocycles. The number of aldehydes is 1. The first-order valence-corrected chi connectivity index (χ1v) is 13.7. The number of aromatic nitrogens is 1. The molecule has 0 radical (unpaired) electrons. The Labute approximate surface area is 230 Å². The van der Waals surface area contributed by atoms with Crippen LogP contribution in [0.3, 0.4) is 0 Å². The highest BCUT2D eigenvalue weighted by atomic mass is 16.5. The normalized spacial score (nSPS) is 17.8. The van der Waals surface area contributed by atoms with Gasteiger partial charge in [-0.25, -0.2) is 4.98 Å². The summed E-state index contributed by atoms with van der Waals surface area (Å²) in [5.74, 6) is 7.96. The first-order chi connectivity index (χ1) is 19.0. The highest BCUT2D eigenvalue weighted by molar-refractivity contribution is 5.82. The van der Waals surface area contributed by atoms with Crippen LogP contribution in [0.25, 0.3) is 22.4 Å². The second kappa shape index (κ2) is 11.8. The highest BCUT2D eigenvalue weighted by Crippen LogP contribution is 2.34. The van der Waals surface area contributed by atoms with Gasteiger partial charge >= 0.3 is 0 Å². The van der Waals surface area contributed by atoms with E-state index in [2.05, 4.69) is 65.2 Å². The Morgan fingerprint density at radius 2 is 1.72 bits per heavy atom. The van der Waals surface area contributed by atoms with Crippen LogP contribution in [-0.2, 0) is 4.79 Å². The summed E-state index contributed by atoms with van der Waals surface area (Å²) in [6.07, 6.45) is 4.50. The number of carbonyl (C=O) groups is 2. The fraction of sp³-hybridized carbons (Fsp3) is 0.364. The molecular weight excluding hydrogens is 486 g/mol. The van der Waals surface area contributed by atoms with Crippen LogP contribution < -0.4 is 10.1 Å². The molecule has 2 aromatic carbocycles. The average Bonchev–Trinajstić information content (AvgIpc) is 3.37. The smallest absolute Gasteiger partial charge is 0.224 e. The van der Waals surface area contributed by atoms with Gasteiger partial charge in [0.2, 0.25) is 11.8 Å². The first-order valence-electron chi connectivity index (χ1n) is 13.7. The van der Waals surface area contributed by atoms with Crippen molar-refractivity contribution in [2.45, 2.75) is 45.6 Å². The van der Waals surface area contributed by atoms with Gasteiger partial charge < -0.3 is 15.0 Å². The first kappa shape index (κ1) is 26.6. The third-order valence-electron chi connectivity index (χ3n) is 8.01. The number of amides is 1. The van der Waals surface area contributed by atoms with Crippen LogP contribution in [0.15, 0.2) is 48.5 Å². The van der Waals surface area contributed by atoms with Gasteiger partial charge in [0.05, 0.1) is 18.4 Å². The van der Waals surface area contributed by atoms with Crippen LogP contribution in [-0.4, -0.2) is 54.9 Å². The van der Waals surface area contributed by atoms with Gasteiger partial charge in [0.25, 0.3) is 0 Å². The van der Waals surface area contributed by atoms with Crippen molar-refractivity contribution in [2.75, 3.05) is 26.7 Å². The number of pyridine rings is 1. The second-order valence-electron chi connectivity index (χ2n) is 10.5. The number of carbonyl (C=O) groups excluding carboxylic acids is 2. The zero-order valence-electron chi connectivity index (χ0n) is 22.9. The third-order valence-corrected chi connectivity index (χ3v) is 8.01. The summed E-state index contributed by atoms with van der Waals surface area (Å²) >= 11 is 0. The van der Waals surface area contributed by atoms with Crippen molar-refractivity contribution in [1.29, 1.82) is 0 Å². The van der Waals surface area contributed by atoms with E-state index in [4.69, 9.17) is 4.74 Å². The van der Waals surface area contributed by atoms with Crippen molar-refractivity contribution in [1.82, 2.24) is 15.2 Å². The Bertz CT molecular complexity index is 1440. The van der Waals surface area contributed by atoms with E-state index in [0.717, 1.165) is 78.7 Å². The van der Waals surface area contributed by atoms with Crippen LogP contribution in [0.1, 0.15) is 52.7 Å². The molecule has 1 atom stereocenters. The van der Waals surface area contributed by atoms with Crippen molar-refractivity contribution in [3.63, 3.8) is 0 Å². The Hall–Kier alpha value is -3.95. The number of methoxy groups -OCH3 is 1. The lowest BCUT2D eigenvalue weighted by Crippen LogP contribution is -2.42. The van der Waals surface area contributed by atoms with Crippen molar-refractivity contribution < 1.29 is 14.3 Å². The lowest BCUT2D eigenvalue weighted by molar-refractivity contribution is -0.119. The Morgan fingerprint density at radius 1 is 1.00 bits per heavy atom. The molecule has 2 fully saturated rings.